The van der Waals surface area contributed by atoms with E-state index in [9.17, 15) is 9.59 Å². The number of piperidine rings is 1. The van der Waals surface area contributed by atoms with E-state index < -0.39 is 6.29 Å². The van der Waals surface area contributed by atoms with Crippen LogP contribution in [-0.4, -0.2) is 64.9 Å². The molecule has 10 nitrogen and oxygen atoms in total. The monoisotopic (exact) mass is 447 g/mol. The van der Waals surface area contributed by atoms with Crippen molar-refractivity contribution in [3.63, 3.8) is 0 Å². The topological polar surface area (TPSA) is 119 Å². The SMILES string of the molecule is COc1cc(-c2cc(C(=O)N3CCC(C(=O)NCC4OC=CO4)CC3)[nH]n2)c(Cl)cn1. The molecule has 2 aromatic heterocycles. The second-order valence-electron chi connectivity index (χ2n) is 7.16. The van der Waals surface area contributed by atoms with Crippen LogP contribution in [0, 0.1) is 5.92 Å². The van der Waals surface area contributed by atoms with Gasteiger partial charge in [-0.2, -0.15) is 5.10 Å². The molecule has 0 radical (unpaired) electrons. The van der Waals surface area contributed by atoms with Crippen LogP contribution in [0.3, 0.4) is 0 Å². The molecular formula is C20H22ClN5O5. The van der Waals surface area contributed by atoms with Gasteiger partial charge in [-0.25, -0.2) is 4.98 Å². The van der Waals surface area contributed by atoms with Crippen molar-refractivity contribution >= 4 is 23.4 Å². The third-order valence-corrected chi connectivity index (χ3v) is 5.54. The van der Waals surface area contributed by atoms with Crippen LogP contribution in [0.15, 0.2) is 30.9 Å². The number of hydrogen-bond acceptors (Lipinski definition) is 7. The van der Waals surface area contributed by atoms with Gasteiger partial charge < -0.3 is 24.4 Å². The van der Waals surface area contributed by atoms with Crippen molar-refractivity contribution in [1.29, 1.82) is 0 Å². The Morgan fingerprint density at radius 1 is 1.29 bits per heavy atom. The van der Waals surface area contributed by atoms with Gasteiger partial charge in [0.2, 0.25) is 11.8 Å². The first-order chi connectivity index (χ1) is 15.0. The van der Waals surface area contributed by atoms with Crippen molar-refractivity contribution in [3.8, 4) is 17.1 Å². The lowest BCUT2D eigenvalue weighted by Gasteiger charge is -2.31. The van der Waals surface area contributed by atoms with Gasteiger partial charge in [0.15, 0.2) is 0 Å². The maximum Gasteiger partial charge on any atom is 0.271 e. The van der Waals surface area contributed by atoms with E-state index >= 15 is 0 Å². The largest absolute Gasteiger partial charge is 0.481 e. The fourth-order valence-electron chi connectivity index (χ4n) is 3.51. The van der Waals surface area contributed by atoms with Crippen LogP contribution in [-0.2, 0) is 14.3 Å². The van der Waals surface area contributed by atoms with Crippen molar-refractivity contribution in [2.24, 2.45) is 5.92 Å². The van der Waals surface area contributed by atoms with Crippen molar-refractivity contribution in [1.82, 2.24) is 25.4 Å². The van der Waals surface area contributed by atoms with Crippen molar-refractivity contribution in [2.75, 3.05) is 26.7 Å². The minimum Gasteiger partial charge on any atom is -0.481 e. The number of likely N-dealkylation sites (tertiary alicyclic amines) is 1. The molecule has 11 heteroatoms. The van der Waals surface area contributed by atoms with Gasteiger partial charge in [0, 0.05) is 30.6 Å². The number of methoxy groups -OCH3 is 1. The number of amides is 2. The average Bonchev–Trinajstić information content (AvgIpc) is 3.50. The number of pyridine rings is 1. The summed E-state index contributed by atoms with van der Waals surface area (Å²) >= 11 is 6.21. The molecule has 0 atom stereocenters. The Morgan fingerprint density at radius 2 is 2.03 bits per heavy atom. The number of ether oxygens (including phenoxy) is 3. The molecule has 0 spiro atoms. The summed E-state index contributed by atoms with van der Waals surface area (Å²) < 4.78 is 15.4. The van der Waals surface area contributed by atoms with E-state index in [-0.39, 0.29) is 24.3 Å². The smallest absolute Gasteiger partial charge is 0.271 e. The first-order valence-electron chi connectivity index (χ1n) is 9.83. The van der Waals surface area contributed by atoms with Crippen LogP contribution in [0.5, 0.6) is 5.88 Å². The van der Waals surface area contributed by atoms with Gasteiger partial charge in [0.1, 0.15) is 18.2 Å². The number of carbonyl (C=O) groups is 2. The molecule has 0 aromatic carbocycles. The number of nitrogens with zero attached hydrogens (tertiary/aromatic N) is 3. The third kappa shape index (κ3) is 4.74. The maximum atomic E-state index is 12.9. The summed E-state index contributed by atoms with van der Waals surface area (Å²) in [6.45, 7) is 1.24. The number of aromatic nitrogens is 3. The molecule has 164 valence electrons. The lowest BCUT2D eigenvalue weighted by atomic mass is 9.95. The predicted octanol–water partition coefficient (Wildman–Crippen LogP) is 1.95. The van der Waals surface area contributed by atoms with Crippen LogP contribution in [0.25, 0.3) is 11.3 Å². The Bertz CT molecular complexity index is 978. The zero-order chi connectivity index (χ0) is 21.8. The van der Waals surface area contributed by atoms with Gasteiger partial charge in [0.05, 0.1) is 30.6 Å². The number of H-pyrrole nitrogens is 1. The summed E-state index contributed by atoms with van der Waals surface area (Å²) in [5, 5.41) is 10.2. The van der Waals surface area contributed by atoms with Crippen LogP contribution in [0.4, 0.5) is 0 Å². The number of hydrogen-bond donors (Lipinski definition) is 2. The van der Waals surface area contributed by atoms with Crippen LogP contribution >= 0.6 is 11.6 Å². The van der Waals surface area contributed by atoms with E-state index in [0.717, 1.165) is 0 Å². The predicted molar refractivity (Wildman–Crippen MR) is 110 cm³/mol. The fraction of sp³-hybridized carbons (Fsp3) is 0.400. The number of aromatic amines is 1. The Hall–Kier alpha value is -3.27. The van der Waals surface area contributed by atoms with Crippen LogP contribution in [0.2, 0.25) is 5.02 Å². The fourth-order valence-corrected chi connectivity index (χ4v) is 3.71. The summed E-state index contributed by atoms with van der Waals surface area (Å²) in [4.78, 5) is 31.0. The molecule has 2 amide bonds. The van der Waals surface area contributed by atoms with Gasteiger partial charge in [-0.1, -0.05) is 11.6 Å². The minimum absolute atomic E-state index is 0.0590. The van der Waals surface area contributed by atoms with Crippen LogP contribution in [0.1, 0.15) is 23.3 Å². The van der Waals surface area contributed by atoms with Crippen LogP contribution < -0.4 is 10.1 Å². The quantitative estimate of drug-likeness (QED) is 0.694. The van der Waals surface area contributed by atoms with E-state index in [0.29, 0.717) is 53.8 Å². The Balaban J connectivity index is 1.32. The van der Waals surface area contributed by atoms with Crippen molar-refractivity contribution in [3.05, 3.63) is 41.6 Å². The average molecular weight is 448 g/mol. The maximum absolute atomic E-state index is 12.9. The summed E-state index contributed by atoms with van der Waals surface area (Å²) in [6.07, 6.45) is 5.05. The number of nitrogens with one attached hydrogen (secondary N) is 2. The standard InChI is InChI=1S/C20H22ClN5O5/c1-29-17-8-13(14(21)10-22-17)15-9-16(25-24-15)20(28)26-4-2-12(3-5-26)19(27)23-11-18-30-6-7-31-18/h6-10,12,18H,2-5,11H2,1H3,(H,23,27)(H,24,25). The molecule has 0 unspecified atom stereocenters. The van der Waals surface area contributed by atoms with Gasteiger partial charge >= 0.3 is 0 Å². The van der Waals surface area contributed by atoms with E-state index in [4.69, 9.17) is 25.8 Å². The second kappa shape index (κ2) is 9.25. The third-order valence-electron chi connectivity index (χ3n) is 5.24. The first-order valence-corrected chi connectivity index (χ1v) is 10.2. The molecule has 1 saturated heterocycles. The summed E-state index contributed by atoms with van der Waals surface area (Å²) in [5.74, 6) is 0.0154. The Morgan fingerprint density at radius 3 is 2.74 bits per heavy atom. The highest BCUT2D eigenvalue weighted by molar-refractivity contribution is 6.33. The van der Waals surface area contributed by atoms with E-state index in [1.807, 2.05) is 0 Å². The van der Waals surface area contributed by atoms with Gasteiger partial charge in [-0.3, -0.25) is 14.7 Å². The zero-order valence-corrected chi connectivity index (χ0v) is 17.6. The van der Waals surface area contributed by atoms with Gasteiger partial charge in [0.25, 0.3) is 12.2 Å². The number of halogens is 1. The lowest BCUT2D eigenvalue weighted by Crippen LogP contribution is -2.44. The van der Waals surface area contributed by atoms with E-state index in [1.54, 1.807) is 17.0 Å². The molecule has 2 aromatic rings. The van der Waals surface area contributed by atoms with Gasteiger partial charge in [-0.15, -0.1) is 0 Å². The van der Waals surface area contributed by atoms with Crippen molar-refractivity contribution < 1.29 is 23.8 Å². The second-order valence-corrected chi connectivity index (χ2v) is 7.57. The molecular weight excluding hydrogens is 426 g/mol. The molecule has 4 rings (SSSR count). The number of rotatable bonds is 6. The molecule has 31 heavy (non-hydrogen) atoms. The molecule has 0 saturated carbocycles. The number of carbonyl (C=O) groups excluding carboxylic acids is 2. The normalized spacial score (nSPS) is 16.6. The molecule has 0 bridgehead atoms. The highest BCUT2D eigenvalue weighted by atomic mass is 35.5. The van der Waals surface area contributed by atoms with Crippen molar-refractivity contribution in [2.45, 2.75) is 19.1 Å². The van der Waals surface area contributed by atoms with E-state index in [1.165, 1.54) is 25.8 Å². The molecule has 2 aliphatic heterocycles. The Labute approximate surface area is 183 Å². The van der Waals surface area contributed by atoms with Gasteiger partial charge in [-0.05, 0) is 18.9 Å². The summed E-state index contributed by atoms with van der Waals surface area (Å²) in [5.41, 5.74) is 1.49. The molecule has 1 fully saturated rings. The lowest BCUT2D eigenvalue weighted by molar-refractivity contribution is -0.128. The highest BCUT2D eigenvalue weighted by Crippen LogP contribution is 2.29. The Kier molecular flexibility index (Phi) is 6.26. The molecule has 2 N–H and O–H groups in total. The van der Waals surface area contributed by atoms with E-state index in [2.05, 4.69) is 20.5 Å². The highest BCUT2D eigenvalue weighted by Gasteiger charge is 2.29. The first kappa shape index (κ1) is 21.0. The molecule has 0 aliphatic carbocycles. The summed E-state index contributed by atoms with van der Waals surface area (Å²) in [7, 11) is 1.51. The summed E-state index contributed by atoms with van der Waals surface area (Å²) in [6, 6.07) is 3.31. The minimum atomic E-state index is -0.478. The molecule has 2 aliphatic rings. The zero-order valence-electron chi connectivity index (χ0n) is 16.8. The molecule has 4 heterocycles.